The van der Waals surface area contributed by atoms with Crippen LogP contribution in [0, 0.1) is 27.6 Å². The van der Waals surface area contributed by atoms with Crippen molar-refractivity contribution in [2.45, 2.75) is 168 Å². The average molecular weight is 726 g/mol. The largest absolute Gasteiger partial charge is 0.363 e. The molecular formula is C40H67N7O5. The molecule has 0 bridgehead atoms. The lowest BCUT2D eigenvalue weighted by atomic mass is 9.73. The van der Waals surface area contributed by atoms with E-state index in [2.05, 4.69) is 53.9 Å². The van der Waals surface area contributed by atoms with Crippen molar-refractivity contribution < 1.29 is 24.0 Å². The fourth-order valence-electron chi connectivity index (χ4n) is 11.6. The van der Waals surface area contributed by atoms with Crippen LogP contribution in [0.15, 0.2) is 0 Å². The molecule has 0 aromatic carbocycles. The van der Waals surface area contributed by atoms with E-state index in [0.29, 0.717) is 31.5 Å². The van der Waals surface area contributed by atoms with Crippen LogP contribution in [-0.4, -0.2) is 101 Å². The summed E-state index contributed by atoms with van der Waals surface area (Å²) in [5, 5.41) is 13.0. The van der Waals surface area contributed by atoms with Crippen molar-refractivity contribution in [1.82, 2.24) is 31.1 Å². The van der Waals surface area contributed by atoms with Crippen molar-refractivity contribution in [3.63, 3.8) is 0 Å². The van der Waals surface area contributed by atoms with Gasteiger partial charge in [0.25, 0.3) is 5.91 Å². The molecule has 6 N–H and O–H groups in total. The highest BCUT2D eigenvalue weighted by molar-refractivity contribution is 6.37. The van der Waals surface area contributed by atoms with Crippen LogP contribution in [0.1, 0.15) is 132 Å². The smallest absolute Gasteiger partial charge is 0.315 e. The Morgan fingerprint density at radius 1 is 0.865 bits per heavy atom. The molecule has 2 aliphatic heterocycles. The van der Waals surface area contributed by atoms with E-state index in [1.165, 1.54) is 0 Å². The lowest BCUT2D eigenvalue weighted by Crippen LogP contribution is -2.65. The molecule has 6 fully saturated rings. The zero-order valence-electron chi connectivity index (χ0n) is 33.0. The summed E-state index contributed by atoms with van der Waals surface area (Å²) in [5.41, 5.74) is 4.17. The molecule has 6 aliphatic rings. The molecule has 0 aromatic heterocycles. The standard InChI is InChI=1S/C40H67N7O5/c1-25-21-46(22-26(2)42-25)23-38(15-9-8-10-16-38)45-35(52)44-31(36(3,4)5)34(51)47-24-40(37(6,7)39(40)17-12-18-39)20-29(47)33(50)43-28(30(48)32(41)49)19-27-13-11-14-27/h25-29,31,42H,8-24H2,1-7H3,(H2,41,49)(H,43,50)(H2,44,45,52)/t25-,26-,28?,29-,31+,40+/m0/s1. The van der Waals surface area contributed by atoms with Crippen LogP contribution in [0.3, 0.4) is 0 Å². The van der Waals surface area contributed by atoms with Crippen molar-refractivity contribution in [2.24, 2.45) is 33.3 Å². The van der Waals surface area contributed by atoms with E-state index >= 15 is 0 Å². The summed E-state index contributed by atoms with van der Waals surface area (Å²) >= 11 is 0. The Kier molecular flexibility index (Phi) is 10.6. The Balaban J connectivity index is 1.23. The molecule has 6 rings (SSSR count). The Labute approximate surface area is 311 Å². The number of primary amides is 1. The highest BCUT2D eigenvalue weighted by Crippen LogP contribution is 2.88. The van der Waals surface area contributed by atoms with Gasteiger partial charge in [0.1, 0.15) is 12.1 Å². The molecule has 5 amide bonds. The number of amides is 5. The normalized spacial score (nSPS) is 31.9. The number of carbonyl (C=O) groups is 5. The van der Waals surface area contributed by atoms with Gasteiger partial charge in [0.2, 0.25) is 17.6 Å². The molecule has 2 heterocycles. The predicted molar refractivity (Wildman–Crippen MR) is 200 cm³/mol. The van der Waals surface area contributed by atoms with Gasteiger partial charge in [-0.3, -0.25) is 24.1 Å². The lowest BCUT2D eigenvalue weighted by Gasteiger charge is -2.45. The second kappa shape index (κ2) is 14.2. The highest BCUT2D eigenvalue weighted by Gasteiger charge is 2.85. The Bertz CT molecular complexity index is 1400. The third kappa shape index (κ3) is 7.00. The molecule has 1 unspecified atom stereocenters. The van der Waals surface area contributed by atoms with Gasteiger partial charge in [-0.25, -0.2) is 4.79 Å². The molecule has 12 heteroatoms. The van der Waals surface area contributed by atoms with E-state index < -0.39 is 41.1 Å². The molecule has 12 nitrogen and oxygen atoms in total. The van der Waals surface area contributed by atoms with Crippen LogP contribution in [0.2, 0.25) is 0 Å². The van der Waals surface area contributed by atoms with Gasteiger partial charge in [-0.15, -0.1) is 0 Å². The number of Topliss-reactive ketones (excluding diaryl/α,β-unsaturated/α-hetero) is 1. The minimum atomic E-state index is -1.06. The number of nitrogens with one attached hydrogen (secondary N) is 4. The van der Waals surface area contributed by atoms with E-state index in [1.807, 2.05) is 20.8 Å². The fourth-order valence-corrected chi connectivity index (χ4v) is 11.6. The summed E-state index contributed by atoms with van der Waals surface area (Å²) in [5.74, 6) is -2.30. The topological polar surface area (TPSA) is 166 Å². The quantitative estimate of drug-likeness (QED) is 0.203. The number of nitrogens with zero attached hydrogens (tertiary/aromatic N) is 2. The summed E-state index contributed by atoms with van der Waals surface area (Å²) in [7, 11) is 0. The average Bonchev–Trinajstić information content (AvgIpc) is 3.22. The van der Waals surface area contributed by atoms with Crippen molar-refractivity contribution in [3.8, 4) is 0 Å². The van der Waals surface area contributed by atoms with Gasteiger partial charge >= 0.3 is 6.03 Å². The molecule has 6 atom stereocenters. The van der Waals surface area contributed by atoms with Crippen LogP contribution in [-0.2, 0) is 19.2 Å². The number of hydrogen-bond acceptors (Lipinski definition) is 7. The zero-order chi connectivity index (χ0) is 37.9. The van der Waals surface area contributed by atoms with Crippen LogP contribution in [0.25, 0.3) is 0 Å². The van der Waals surface area contributed by atoms with Gasteiger partial charge in [0.05, 0.1) is 11.6 Å². The lowest BCUT2D eigenvalue weighted by molar-refractivity contribution is -0.143. The number of nitrogens with two attached hydrogens (primary N) is 1. The molecular weight excluding hydrogens is 658 g/mol. The minimum absolute atomic E-state index is 0.0610. The van der Waals surface area contributed by atoms with E-state index in [-0.39, 0.29) is 39.6 Å². The summed E-state index contributed by atoms with van der Waals surface area (Å²) in [6, 6.07) is -2.34. The first-order valence-corrected chi connectivity index (χ1v) is 20.4. The zero-order valence-corrected chi connectivity index (χ0v) is 33.0. The first-order chi connectivity index (χ1) is 24.3. The predicted octanol–water partition coefficient (Wildman–Crippen LogP) is 3.61. The number of fused-ring (bicyclic) bond motifs is 1. The monoisotopic (exact) mass is 726 g/mol. The van der Waals surface area contributed by atoms with Crippen molar-refractivity contribution in [3.05, 3.63) is 0 Å². The number of rotatable bonds is 11. The Morgan fingerprint density at radius 3 is 2.00 bits per heavy atom. The van der Waals surface area contributed by atoms with Crippen LogP contribution < -0.4 is 27.0 Å². The van der Waals surface area contributed by atoms with E-state index in [0.717, 1.165) is 90.3 Å². The first-order valence-electron chi connectivity index (χ1n) is 20.4. The summed E-state index contributed by atoms with van der Waals surface area (Å²) < 4.78 is 0. The van der Waals surface area contributed by atoms with Gasteiger partial charge in [0, 0.05) is 43.7 Å². The SMILES string of the molecule is C[C@H]1CN(CC2(NC(=O)N[C@H](C(=O)N3C[C@]4(C[C@H]3C(=O)NC(CC3CCC3)C(=O)C(N)=O)C(C)(C)C43CCC3)C(C)(C)C)CCCCC2)C[C@H](C)N1. The molecule has 2 saturated heterocycles. The van der Waals surface area contributed by atoms with Gasteiger partial charge in [0.15, 0.2) is 0 Å². The molecule has 2 spiro atoms. The second-order valence-corrected chi connectivity index (χ2v) is 19.6. The van der Waals surface area contributed by atoms with Gasteiger partial charge in [-0.1, -0.05) is 79.6 Å². The number of likely N-dealkylation sites (tertiary alicyclic amines) is 1. The molecule has 4 aliphatic carbocycles. The summed E-state index contributed by atoms with van der Waals surface area (Å²) in [6.07, 6.45) is 12.1. The second-order valence-electron chi connectivity index (χ2n) is 19.6. The van der Waals surface area contributed by atoms with Crippen molar-refractivity contribution >= 4 is 29.5 Å². The maximum atomic E-state index is 15.0. The first kappa shape index (κ1) is 39.0. The van der Waals surface area contributed by atoms with Crippen LogP contribution in [0.5, 0.6) is 0 Å². The Morgan fingerprint density at radius 2 is 1.50 bits per heavy atom. The number of hydrogen-bond donors (Lipinski definition) is 5. The van der Waals surface area contributed by atoms with Crippen molar-refractivity contribution in [2.75, 3.05) is 26.2 Å². The molecule has 0 aromatic rings. The third-order valence-electron chi connectivity index (χ3n) is 14.8. The molecule has 52 heavy (non-hydrogen) atoms. The summed E-state index contributed by atoms with van der Waals surface area (Å²) in [6.45, 7) is 17.8. The maximum absolute atomic E-state index is 15.0. The third-order valence-corrected chi connectivity index (χ3v) is 14.8. The number of urea groups is 1. The minimum Gasteiger partial charge on any atom is -0.363 e. The maximum Gasteiger partial charge on any atom is 0.315 e. The summed E-state index contributed by atoms with van der Waals surface area (Å²) in [4.78, 5) is 72.6. The number of piperazine rings is 1. The van der Waals surface area contributed by atoms with Crippen LogP contribution in [0.4, 0.5) is 4.79 Å². The van der Waals surface area contributed by atoms with Gasteiger partial charge < -0.3 is 31.9 Å². The van der Waals surface area contributed by atoms with E-state index in [4.69, 9.17) is 5.73 Å². The van der Waals surface area contributed by atoms with Crippen LogP contribution >= 0.6 is 0 Å². The molecule has 4 saturated carbocycles. The number of carbonyl (C=O) groups excluding carboxylic acids is 5. The van der Waals surface area contributed by atoms with Gasteiger partial charge in [-0.2, -0.15) is 0 Å². The highest BCUT2D eigenvalue weighted by atomic mass is 16.2. The van der Waals surface area contributed by atoms with E-state index in [9.17, 15) is 24.0 Å². The van der Waals surface area contributed by atoms with E-state index in [1.54, 1.807) is 4.90 Å². The van der Waals surface area contributed by atoms with Gasteiger partial charge in [-0.05, 0) is 74.5 Å². The fraction of sp³-hybridized carbons (Fsp3) is 0.875. The molecule has 0 radical (unpaired) electrons. The Hall–Kier alpha value is -2.73. The molecule has 292 valence electrons. The van der Waals surface area contributed by atoms with Crippen molar-refractivity contribution in [1.29, 1.82) is 0 Å². The number of ketones is 1.